The molecule has 2 aromatic rings. The highest BCUT2D eigenvalue weighted by Crippen LogP contribution is 2.22. The quantitative estimate of drug-likeness (QED) is 0.734. The van der Waals surface area contributed by atoms with Crippen molar-refractivity contribution >= 4 is 28.9 Å². The minimum Gasteiger partial charge on any atom is -0.491 e. The van der Waals surface area contributed by atoms with Gasteiger partial charge in [0.05, 0.1) is 6.10 Å². The number of aryl methyl sites for hydroxylation is 3. The summed E-state index contributed by atoms with van der Waals surface area (Å²) in [6, 6.07) is 11.2. The molecule has 5 heteroatoms. The molecule has 0 spiro atoms. The van der Waals surface area contributed by atoms with Crippen LogP contribution in [-0.2, 0) is 0 Å². The molecule has 0 bridgehead atoms. The lowest BCUT2D eigenvalue weighted by Gasteiger charge is -2.15. The summed E-state index contributed by atoms with van der Waals surface area (Å²) in [5.41, 5.74) is 4.83. The van der Waals surface area contributed by atoms with Gasteiger partial charge in [0.2, 0.25) is 0 Å². The summed E-state index contributed by atoms with van der Waals surface area (Å²) in [6.45, 7) is 10.2. The van der Waals surface area contributed by atoms with Gasteiger partial charge in [0.25, 0.3) is 5.91 Å². The fraction of sp³-hybridized carbons (Fsp3) is 0.333. The molecule has 0 saturated heterocycles. The molecule has 0 heterocycles. The van der Waals surface area contributed by atoms with Crippen LogP contribution in [0.3, 0.4) is 0 Å². The van der Waals surface area contributed by atoms with Crippen molar-refractivity contribution in [3.8, 4) is 5.75 Å². The predicted molar refractivity (Wildman–Crippen MR) is 111 cm³/mol. The molecular formula is C21H26N2O2S. The average Bonchev–Trinajstić information content (AvgIpc) is 2.58. The van der Waals surface area contributed by atoms with E-state index < -0.39 is 0 Å². The smallest absolute Gasteiger partial charge is 0.257 e. The van der Waals surface area contributed by atoms with Crippen LogP contribution in [0.1, 0.15) is 47.3 Å². The number of thiocarbonyl (C=S) groups is 1. The Bertz CT molecular complexity index is 777. The molecule has 2 aromatic carbocycles. The highest BCUT2D eigenvalue weighted by atomic mass is 32.1. The third kappa shape index (κ3) is 5.30. The molecule has 26 heavy (non-hydrogen) atoms. The minimum absolute atomic E-state index is 0.146. The number of hydrogen-bond donors (Lipinski definition) is 2. The summed E-state index contributed by atoms with van der Waals surface area (Å²) in [6.07, 6.45) is 1.08. The number of carbonyl (C=O) groups excluding carboxylic acids is 1. The Balaban J connectivity index is 2.00. The molecule has 0 aliphatic heterocycles. The highest BCUT2D eigenvalue weighted by molar-refractivity contribution is 7.80. The average molecular weight is 371 g/mol. The first kappa shape index (κ1) is 19.9. The number of ether oxygens (including phenoxy) is 1. The molecule has 4 nitrogen and oxygen atoms in total. The first-order valence-corrected chi connectivity index (χ1v) is 9.18. The van der Waals surface area contributed by atoms with E-state index in [-0.39, 0.29) is 17.1 Å². The van der Waals surface area contributed by atoms with Crippen LogP contribution in [0.4, 0.5) is 5.69 Å². The maximum absolute atomic E-state index is 12.4. The van der Waals surface area contributed by atoms with Gasteiger partial charge in [0.1, 0.15) is 5.75 Å². The van der Waals surface area contributed by atoms with Gasteiger partial charge in [0, 0.05) is 11.3 Å². The van der Waals surface area contributed by atoms with Crippen LogP contribution < -0.4 is 15.4 Å². The van der Waals surface area contributed by atoms with E-state index in [9.17, 15) is 4.79 Å². The molecular weight excluding hydrogens is 344 g/mol. The lowest BCUT2D eigenvalue weighted by Crippen LogP contribution is -2.34. The molecule has 0 radical (unpaired) electrons. The Morgan fingerprint density at radius 2 is 1.69 bits per heavy atom. The molecule has 0 saturated carbocycles. The zero-order valence-corrected chi connectivity index (χ0v) is 16.8. The van der Waals surface area contributed by atoms with E-state index in [1.165, 1.54) is 5.56 Å². The molecule has 2 N–H and O–H groups in total. The summed E-state index contributed by atoms with van der Waals surface area (Å²) in [5, 5.41) is 6.13. The number of nitrogens with one attached hydrogen (secondary N) is 2. The van der Waals surface area contributed by atoms with Gasteiger partial charge >= 0.3 is 0 Å². The van der Waals surface area contributed by atoms with Crippen molar-refractivity contribution in [2.24, 2.45) is 0 Å². The Labute approximate surface area is 161 Å². The second-order valence-corrected chi connectivity index (χ2v) is 6.95. The Kier molecular flexibility index (Phi) is 6.75. The maximum atomic E-state index is 12.4. The van der Waals surface area contributed by atoms with Gasteiger partial charge in [-0.05, 0) is 81.7 Å². The van der Waals surface area contributed by atoms with Crippen molar-refractivity contribution in [3.63, 3.8) is 0 Å². The monoisotopic (exact) mass is 370 g/mol. The van der Waals surface area contributed by atoms with E-state index in [2.05, 4.69) is 36.6 Å². The van der Waals surface area contributed by atoms with E-state index >= 15 is 0 Å². The van der Waals surface area contributed by atoms with Crippen molar-refractivity contribution < 1.29 is 9.53 Å². The second-order valence-electron chi connectivity index (χ2n) is 6.54. The van der Waals surface area contributed by atoms with Gasteiger partial charge in [-0.25, -0.2) is 0 Å². The molecule has 1 amide bonds. The highest BCUT2D eigenvalue weighted by Gasteiger charge is 2.11. The predicted octanol–water partition coefficient (Wildman–Crippen LogP) is 4.92. The van der Waals surface area contributed by atoms with E-state index in [1.54, 1.807) is 24.3 Å². The zero-order chi connectivity index (χ0) is 19.3. The topological polar surface area (TPSA) is 50.4 Å². The summed E-state index contributed by atoms with van der Waals surface area (Å²) >= 11 is 5.30. The lowest BCUT2D eigenvalue weighted by molar-refractivity contribution is 0.0977. The Hall–Kier alpha value is -2.40. The first-order valence-electron chi connectivity index (χ1n) is 8.77. The summed E-state index contributed by atoms with van der Waals surface area (Å²) < 4.78 is 5.72. The number of amides is 1. The van der Waals surface area contributed by atoms with Crippen molar-refractivity contribution in [3.05, 3.63) is 58.7 Å². The number of hydrogen-bond acceptors (Lipinski definition) is 3. The number of benzene rings is 2. The number of carbonyl (C=O) groups is 1. The van der Waals surface area contributed by atoms with Crippen molar-refractivity contribution in [2.75, 3.05) is 5.32 Å². The minimum atomic E-state index is -0.250. The van der Waals surface area contributed by atoms with Crippen LogP contribution in [0.5, 0.6) is 5.75 Å². The van der Waals surface area contributed by atoms with Crippen molar-refractivity contribution in [2.45, 2.75) is 47.1 Å². The van der Waals surface area contributed by atoms with Crippen LogP contribution >= 0.6 is 12.2 Å². The third-order valence-electron chi connectivity index (χ3n) is 4.17. The van der Waals surface area contributed by atoms with Gasteiger partial charge in [-0.2, -0.15) is 0 Å². The van der Waals surface area contributed by atoms with Crippen LogP contribution in [-0.4, -0.2) is 17.1 Å². The summed E-state index contributed by atoms with van der Waals surface area (Å²) in [7, 11) is 0. The fourth-order valence-corrected chi connectivity index (χ4v) is 2.89. The molecule has 1 atom stereocenters. The van der Waals surface area contributed by atoms with Gasteiger partial charge in [0.15, 0.2) is 5.11 Å². The lowest BCUT2D eigenvalue weighted by atomic mass is 10.1. The van der Waals surface area contributed by atoms with E-state index in [0.29, 0.717) is 5.56 Å². The van der Waals surface area contributed by atoms with Gasteiger partial charge in [-0.15, -0.1) is 0 Å². The third-order valence-corrected chi connectivity index (χ3v) is 4.38. The molecule has 0 fully saturated rings. The number of rotatable bonds is 5. The second kappa shape index (κ2) is 8.81. The fourth-order valence-electron chi connectivity index (χ4n) is 2.70. The van der Waals surface area contributed by atoms with Gasteiger partial charge in [-0.1, -0.05) is 24.6 Å². The molecule has 1 unspecified atom stereocenters. The molecule has 138 valence electrons. The summed E-state index contributed by atoms with van der Waals surface area (Å²) in [4.78, 5) is 12.4. The summed E-state index contributed by atoms with van der Waals surface area (Å²) in [5.74, 6) is 0.502. The zero-order valence-electron chi connectivity index (χ0n) is 16.0. The van der Waals surface area contributed by atoms with Crippen molar-refractivity contribution in [1.82, 2.24) is 5.32 Å². The van der Waals surface area contributed by atoms with Crippen LogP contribution in [0.2, 0.25) is 0 Å². The van der Waals surface area contributed by atoms with E-state index in [1.807, 2.05) is 20.8 Å². The number of anilines is 1. The van der Waals surface area contributed by atoms with Gasteiger partial charge < -0.3 is 10.1 Å². The normalized spacial score (nSPS) is 11.6. The van der Waals surface area contributed by atoms with Crippen LogP contribution in [0.15, 0.2) is 36.4 Å². The first-order chi connectivity index (χ1) is 12.3. The van der Waals surface area contributed by atoms with E-state index in [4.69, 9.17) is 17.0 Å². The largest absolute Gasteiger partial charge is 0.491 e. The Morgan fingerprint density at radius 1 is 1.12 bits per heavy atom. The standard InChI is InChI=1S/C21H26N2O2S/c1-6-16(5)25-18-9-7-17(8-10-18)20(24)23-21(26)22-19-14(3)11-13(2)12-15(19)4/h7-12,16H,6H2,1-5H3,(H2,22,23,24,26). The van der Waals surface area contributed by atoms with E-state index in [0.717, 1.165) is 29.0 Å². The molecule has 0 aliphatic rings. The van der Waals surface area contributed by atoms with Crippen LogP contribution in [0.25, 0.3) is 0 Å². The maximum Gasteiger partial charge on any atom is 0.257 e. The molecule has 0 aromatic heterocycles. The van der Waals surface area contributed by atoms with Crippen molar-refractivity contribution in [1.29, 1.82) is 0 Å². The SMILES string of the molecule is CCC(C)Oc1ccc(C(=O)NC(=S)Nc2c(C)cc(C)cc2C)cc1. The van der Waals surface area contributed by atoms with Gasteiger partial charge in [-0.3, -0.25) is 10.1 Å². The molecule has 2 rings (SSSR count). The van der Waals surface area contributed by atoms with Crippen LogP contribution in [0, 0.1) is 20.8 Å². The Morgan fingerprint density at radius 3 is 2.23 bits per heavy atom. The molecule has 0 aliphatic carbocycles.